The molecule has 2 aromatic carbocycles. The first-order chi connectivity index (χ1) is 17.7. The van der Waals surface area contributed by atoms with Crippen LogP contribution in [0.5, 0.6) is 0 Å². The maximum atomic E-state index is 12.8. The number of piperazine rings is 1. The molecule has 1 aliphatic rings. The van der Waals surface area contributed by atoms with Crippen LogP contribution in [0, 0.1) is 0 Å². The normalized spacial score (nSPS) is 13.4. The molecule has 0 spiro atoms. The number of benzene rings is 2. The fourth-order valence-corrected chi connectivity index (χ4v) is 5.34. The molecule has 1 saturated heterocycles. The van der Waals surface area contributed by atoms with Crippen LogP contribution in [0.4, 0.5) is 17.2 Å². The van der Waals surface area contributed by atoms with E-state index in [-0.39, 0.29) is 13.3 Å². The van der Waals surface area contributed by atoms with Crippen LogP contribution < -0.4 is 14.7 Å². The molecule has 8 nitrogen and oxygen atoms in total. The standard InChI is InChI=1S/C27H25N7OS.CH4/c1-32(27(35)25-6-3-13-36-25)21-4-2-5-22(15-21)33-9-11-34(12-10-33)26-23-14-19(20-16-30-31-17-20)7-8-24(23)28-18-29-26;/h2-8,13-18H,9-12H2,1H3,(H,30,31);1H4. The van der Waals surface area contributed by atoms with Crippen LogP contribution in [0.25, 0.3) is 22.0 Å². The Morgan fingerprint density at radius 2 is 1.81 bits per heavy atom. The molecule has 0 aliphatic carbocycles. The first-order valence-electron chi connectivity index (χ1n) is 11.8. The zero-order valence-corrected chi connectivity index (χ0v) is 20.7. The molecular formula is C28H29N7OS. The Bertz CT molecular complexity index is 1490. The number of nitrogens with one attached hydrogen (secondary N) is 1. The molecule has 0 bridgehead atoms. The van der Waals surface area contributed by atoms with Crippen molar-refractivity contribution in [2.45, 2.75) is 7.43 Å². The summed E-state index contributed by atoms with van der Waals surface area (Å²) >= 11 is 1.46. The van der Waals surface area contributed by atoms with Gasteiger partial charge in [-0.15, -0.1) is 11.3 Å². The zero-order chi connectivity index (χ0) is 24.5. The third-order valence-electron chi connectivity index (χ3n) is 6.64. The summed E-state index contributed by atoms with van der Waals surface area (Å²) < 4.78 is 0. The average molecular weight is 512 g/mol. The van der Waals surface area contributed by atoms with E-state index in [9.17, 15) is 4.79 Å². The SMILES string of the molecule is C.CN(C(=O)c1cccs1)c1cccc(N2CCN(c3ncnc4ccc(-c5cn[nH]c5)cc34)CC2)c1. The fourth-order valence-electron chi connectivity index (χ4n) is 4.64. The number of H-pyrrole nitrogens is 1. The number of rotatable bonds is 5. The van der Waals surface area contributed by atoms with Gasteiger partial charge in [0.15, 0.2) is 0 Å². The molecule has 0 atom stereocenters. The second-order valence-electron chi connectivity index (χ2n) is 8.75. The second kappa shape index (κ2) is 10.4. The summed E-state index contributed by atoms with van der Waals surface area (Å²) in [5.41, 5.74) is 5.07. The number of thiophene rings is 1. The van der Waals surface area contributed by atoms with Crippen molar-refractivity contribution in [3.05, 3.63) is 83.6 Å². The highest BCUT2D eigenvalue weighted by Gasteiger charge is 2.22. The second-order valence-corrected chi connectivity index (χ2v) is 9.70. The van der Waals surface area contributed by atoms with Crippen molar-refractivity contribution >= 4 is 45.3 Å². The van der Waals surface area contributed by atoms with Gasteiger partial charge in [0.1, 0.15) is 12.1 Å². The minimum atomic E-state index is 0. The third-order valence-corrected chi connectivity index (χ3v) is 7.50. The molecule has 1 N–H and O–H groups in total. The van der Waals surface area contributed by atoms with Gasteiger partial charge in [-0.05, 0) is 47.3 Å². The Morgan fingerprint density at radius 3 is 2.57 bits per heavy atom. The topological polar surface area (TPSA) is 81.2 Å². The fraction of sp³-hybridized carbons (Fsp3) is 0.214. The minimum absolute atomic E-state index is 0. The number of hydrogen-bond donors (Lipinski definition) is 1. The largest absolute Gasteiger partial charge is 0.368 e. The van der Waals surface area contributed by atoms with Crippen molar-refractivity contribution < 1.29 is 4.79 Å². The molecule has 1 aliphatic heterocycles. The maximum absolute atomic E-state index is 12.8. The van der Waals surface area contributed by atoms with Gasteiger partial charge in [0.05, 0.1) is 16.6 Å². The first-order valence-corrected chi connectivity index (χ1v) is 12.7. The van der Waals surface area contributed by atoms with E-state index >= 15 is 0 Å². The van der Waals surface area contributed by atoms with Crippen LogP contribution in [0.1, 0.15) is 17.1 Å². The van der Waals surface area contributed by atoms with Gasteiger partial charge in [-0.3, -0.25) is 9.89 Å². The van der Waals surface area contributed by atoms with E-state index in [1.165, 1.54) is 11.3 Å². The van der Waals surface area contributed by atoms with Gasteiger partial charge in [0.25, 0.3) is 5.91 Å². The molecule has 1 fully saturated rings. The Morgan fingerprint density at radius 1 is 0.973 bits per heavy atom. The highest BCUT2D eigenvalue weighted by Crippen LogP contribution is 2.30. The van der Waals surface area contributed by atoms with Gasteiger partial charge >= 0.3 is 0 Å². The van der Waals surface area contributed by atoms with Crippen molar-refractivity contribution in [3.63, 3.8) is 0 Å². The number of carbonyl (C=O) groups excluding carboxylic acids is 1. The van der Waals surface area contributed by atoms with Gasteiger partial charge in [-0.2, -0.15) is 5.10 Å². The number of aromatic amines is 1. The maximum Gasteiger partial charge on any atom is 0.268 e. The predicted octanol–water partition coefficient (Wildman–Crippen LogP) is 5.32. The molecule has 3 aromatic heterocycles. The molecule has 37 heavy (non-hydrogen) atoms. The van der Waals surface area contributed by atoms with E-state index in [2.05, 4.69) is 54.2 Å². The lowest BCUT2D eigenvalue weighted by atomic mass is 10.1. The summed E-state index contributed by atoms with van der Waals surface area (Å²) in [6.07, 6.45) is 5.36. The van der Waals surface area contributed by atoms with Gasteiger partial charge in [0.2, 0.25) is 0 Å². The van der Waals surface area contributed by atoms with Crippen LogP contribution in [0.3, 0.4) is 0 Å². The van der Waals surface area contributed by atoms with E-state index < -0.39 is 0 Å². The van der Waals surface area contributed by atoms with Crippen molar-refractivity contribution in [2.75, 3.05) is 47.9 Å². The Hall–Kier alpha value is -4.24. The quantitative estimate of drug-likeness (QED) is 0.344. The van der Waals surface area contributed by atoms with Gasteiger partial charge in [-0.25, -0.2) is 9.97 Å². The number of hydrogen-bond acceptors (Lipinski definition) is 7. The van der Waals surface area contributed by atoms with E-state index in [4.69, 9.17) is 0 Å². The number of aromatic nitrogens is 4. The average Bonchev–Trinajstić information content (AvgIpc) is 3.67. The summed E-state index contributed by atoms with van der Waals surface area (Å²) in [5, 5.41) is 9.92. The molecule has 188 valence electrons. The number of anilines is 3. The summed E-state index contributed by atoms with van der Waals surface area (Å²) in [7, 11) is 1.83. The molecule has 0 saturated carbocycles. The van der Waals surface area contributed by atoms with Crippen LogP contribution in [-0.2, 0) is 0 Å². The van der Waals surface area contributed by atoms with Gasteiger partial charge in [-0.1, -0.05) is 25.6 Å². The lowest BCUT2D eigenvalue weighted by molar-refractivity contribution is 0.0997. The highest BCUT2D eigenvalue weighted by atomic mass is 32.1. The van der Waals surface area contributed by atoms with Crippen LogP contribution in [-0.4, -0.2) is 59.3 Å². The molecule has 5 aromatic rings. The number of nitrogens with zero attached hydrogens (tertiary/aromatic N) is 6. The van der Waals surface area contributed by atoms with Crippen LogP contribution in [0.15, 0.2) is 78.7 Å². The Balaban J connectivity index is 0.00000280. The van der Waals surface area contributed by atoms with Crippen LogP contribution in [0.2, 0.25) is 0 Å². The van der Waals surface area contributed by atoms with Gasteiger partial charge in [0, 0.05) is 61.7 Å². The minimum Gasteiger partial charge on any atom is -0.368 e. The van der Waals surface area contributed by atoms with Crippen molar-refractivity contribution in [1.82, 2.24) is 20.2 Å². The molecule has 0 unspecified atom stereocenters. The van der Waals surface area contributed by atoms with E-state index in [0.717, 1.165) is 70.3 Å². The van der Waals surface area contributed by atoms with Crippen molar-refractivity contribution in [3.8, 4) is 11.1 Å². The summed E-state index contributed by atoms with van der Waals surface area (Å²) in [4.78, 5) is 29.1. The van der Waals surface area contributed by atoms with Crippen molar-refractivity contribution in [1.29, 1.82) is 0 Å². The number of fused-ring (bicyclic) bond motifs is 1. The number of amides is 1. The molecule has 1 amide bonds. The Labute approximate surface area is 220 Å². The smallest absolute Gasteiger partial charge is 0.268 e. The lowest BCUT2D eigenvalue weighted by Gasteiger charge is -2.37. The number of carbonyl (C=O) groups is 1. The third kappa shape index (κ3) is 4.77. The molecular weight excluding hydrogens is 482 g/mol. The zero-order valence-electron chi connectivity index (χ0n) is 19.8. The monoisotopic (exact) mass is 511 g/mol. The predicted molar refractivity (Wildman–Crippen MR) is 152 cm³/mol. The molecule has 0 radical (unpaired) electrons. The molecule has 9 heteroatoms. The van der Waals surface area contributed by atoms with Crippen LogP contribution >= 0.6 is 11.3 Å². The van der Waals surface area contributed by atoms with E-state index in [1.54, 1.807) is 11.2 Å². The van der Waals surface area contributed by atoms with Gasteiger partial charge < -0.3 is 14.7 Å². The molecule has 6 rings (SSSR count). The van der Waals surface area contributed by atoms with Crippen molar-refractivity contribution in [2.24, 2.45) is 0 Å². The summed E-state index contributed by atoms with van der Waals surface area (Å²) in [6, 6.07) is 18.2. The Kier molecular flexibility index (Phi) is 6.87. The molecule has 4 heterocycles. The van der Waals surface area contributed by atoms with E-state index in [1.807, 2.05) is 55.2 Å². The highest BCUT2D eigenvalue weighted by molar-refractivity contribution is 7.12. The summed E-state index contributed by atoms with van der Waals surface area (Å²) in [5.74, 6) is 0.970. The lowest BCUT2D eigenvalue weighted by Crippen LogP contribution is -2.47. The van der Waals surface area contributed by atoms with E-state index in [0.29, 0.717) is 0 Å². The first kappa shape index (κ1) is 24.5. The summed E-state index contributed by atoms with van der Waals surface area (Å²) in [6.45, 7) is 3.41.